The molecule has 2 N–H and O–H groups in total. The Morgan fingerprint density at radius 1 is 1.08 bits per heavy atom. The smallest absolute Gasteiger partial charge is 0.1000 e. The van der Waals surface area contributed by atoms with Crippen molar-refractivity contribution in [1.82, 2.24) is 10.0 Å². The molecule has 130 valence electrons. The minimum atomic E-state index is -0.0609. The molecule has 1 saturated heterocycles. The highest BCUT2D eigenvalue weighted by Gasteiger charge is 2.37. The average molecular weight is 390 g/mol. The summed E-state index contributed by atoms with van der Waals surface area (Å²) in [4.78, 5) is 0.940. The molecule has 25 heavy (non-hydrogen) atoms. The van der Waals surface area contributed by atoms with E-state index in [0.29, 0.717) is 10.7 Å². The minimum Gasteiger partial charge on any atom is -0.398 e. The number of anilines is 1. The number of nitrogen functional groups attached to an aromatic ring is 1. The van der Waals surface area contributed by atoms with Crippen LogP contribution < -0.4 is 5.73 Å². The number of hydrogen-bond acceptors (Lipinski definition) is 4. The fourth-order valence-corrected chi connectivity index (χ4v) is 5.24. The Kier molecular flexibility index (Phi) is 4.91. The molecule has 2 aliphatic heterocycles. The van der Waals surface area contributed by atoms with E-state index < -0.39 is 0 Å². The lowest BCUT2D eigenvalue weighted by Crippen LogP contribution is -2.53. The Labute approximate surface area is 163 Å². The first-order valence-electron chi connectivity index (χ1n) is 8.43. The molecule has 2 aromatic rings. The lowest BCUT2D eigenvalue weighted by atomic mass is 9.88. The van der Waals surface area contributed by atoms with Gasteiger partial charge in [0.1, 0.15) is 0 Å². The molecule has 6 heteroatoms. The molecule has 4 rings (SSSR count). The molecule has 0 aromatic heterocycles. The Morgan fingerprint density at radius 2 is 1.84 bits per heavy atom. The summed E-state index contributed by atoms with van der Waals surface area (Å²) in [5.74, 6) is 2.23. The SMILES string of the molecule is Nc1cccc(Cl)c1C1c2ccccc2CC(=S)N1N1CCSCC1. The van der Waals surface area contributed by atoms with E-state index in [1.165, 1.54) is 11.1 Å². The van der Waals surface area contributed by atoms with Crippen LogP contribution in [0.25, 0.3) is 0 Å². The molecule has 1 fully saturated rings. The summed E-state index contributed by atoms with van der Waals surface area (Å²) in [6.07, 6.45) is 0.788. The van der Waals surface area contributed by atoms with E-state index >= 15 is 0 Å². The van der Waals surface area contributed by atoms with E-state index in [1.807, 2.05) is 30.0 Å². The van der Waals surface area contributed by atoms with Crippen molar-refractivity contribution in [2.45, 2.75) is 12.5 Å². The number of halogens is 1. The molecule has 2 aromatic carbocycles. The number of hydrazine groups is 1. The molecule has 0 bridgehead atoms. The first-order chi connectivity index (χ1) is 12.2. The number of thioether (sulfide) groups is 1. The molecule has 2 aliphatic rings. The van der Waals surface area contributed by atoms with Crippen molar-refractivity contribution in [2.75, 3.05) is 30.3 Å². The summed E-state index contributed by atoms with van der Waals surface area (Å²) in [5, 5.41) is 5.35. The molecule has 3 nitrogen and oxygen atoms in total. The largest absolute Gasteiger partial charge is 0.398 e. The van der Waals surface area contributed by atoms with Crippen LogP contribution in [0.1, 0.15) is 22.7 Å². The van der Waals surface area contributed by atoms with Crippen LogP contribution in [0.4, 0.5) is 5.69 Å². The molecule has 0 aliphatic carbocycles. The van der Waals surface area contributed by atoms with Gasteiger partial charge in [0.15, 0.2) is 0 Å². The Morgan fingerprint density at radius 3 is 2.60 bits per heavy atom. The molecule has 0 amide bonds. The van der Waals surface area contributed by atoms with Gasteiger partial charge < -0.3 is 5.73 Å². The summed E-state index contributed by atoms with van der Waals surface area (Å²) < 4.78 is 0. The van der Waals surface area contributed by atoms with Crippen molar-refractivity contribution in [3.63, 3.8) is 0 Å². The van der Waals surface area contributed by atoms with Crippen LogP contribution in [0.5, 0.6) is 0 Å². The van der Waals surface area contributed by atoms with Gasteiger partial charge in [0.2, 0.25) is 0 Å². The van der Waals surface area contributed by atoms with E-state index in [4.69, 9.17) is 29.6 Å². The van der Waals surface area contributed by atoms with Gasteiger partial charge in [0, 0.05) is 47.3 Å². The van der Waals surface area contributed by atoms with Gasteiger partial charge in [-0.15, -0.1) is 0 Å². The fraction of sp³-hybridized carbons (Fsp3) is 0.316. The molecule has 1 atom stereocenters. The van der Waals surface area contributed by atoms with Gasteiger partial charge in [-0.25, -0.2) is 5.01 Å². The van der Waals surface area contributed by atoms with Crippen molar-refractivity contribution < 1.29 is 0 Å². The van der Waals surface area contributed by atoms with Gasteiger partial charge in [0.05, 0.1) is 11.0 Å². The van der Waals surface area contributed by atoms with E-state index in [1.54, 1.807) is 0 Å². The number of hydrogen-bond donors (Lipinski definition) is 1. The highest BCUT2D eigenvalue weighted by Crippen LogP contribution is 2.42. The second-order valence-corrected chi connectivity index (χ2v) is 8.43. The van der Waals surface area contributed by atoms with Crippen LogP contribution in [0, 0.1) is 0 Å². The monoisotopic (exact) mass is 389 g/mol. The Balaban J connectivity index is 1.89. The maximum Gasteiger partial charge on any atom is 0.1000 e. The predicted molar refractivity (Wildman–Crippen MR) is 111 cm³/mol. The molecule has 0 spiro atoms. The average Bonchev–Trinajstić information content (AvgIpc) is 2.62. The molecular weight excluding hydrogens is 370 g/mol. The van der Waals surface area contributed by atoms with Crippen LogP contribution in [0.15, 0.2) is 42.5 Å². The maximum absolute atomic E-state index is 6.61. The third-order valence-electron chi connectivity index (χ3n) is 4.84. The highest BCUT2D eigenvalue weighted by molar-refractivity contribution is 7.99. The number of benzene rings is 2. The van der Waals surface area contributed by atoms with Crippen molar-refractivity contribution in [2.24, 2.45) is 0 Å². The summed E-state index contributed by atoms with van der Waals surface area (Å²) in [6.45, 7) is 1.99. The molecule has 0 saturated carbocycles. The van der Waals surface area contributed by atoms with Crippen molar-refractivity contribution >= 4 is 46.3 Å². The number of nitrogens with zero attached hydrogens (tertiary/aromatic N) is 2. The zero-order valence-corrected chi connectivity index (χ0v) is 16.2. The molecular formula is C19H20ClN3S2. The van der Waals surface area contributed by atoms with Crippen LogP contribution in [0.2, 0.25) is 5.02 Å². The van der Waals surface area contributed by atoms with Gasteiger partial charge in [-0.3, -0.25) is 5.01 Å². The van der Waals surface area contributed by atoms with Crippen LogP contribution in [-0.2, 0) is 6.42 Å². The fourth-order valence-electron chi connectivity index (χ4n) is 3.69. The van der Waals surface area contributed by atoms with Gasteiger partial charge in [-0.1, -0.05) is 54.2 Å². The standard InChI is InChI=1S/C19H20ClN3S2/c20-15-6-3-7-16(21)18(15)19-14-5-2-1-4-13(14)12-17(24)23(19)22-8-10-25-11-9-22/h1-7,19H,8-12,21H2. The molecule has 0 radical (unpaired) electrons. The van der Waals surface area contributed by atoms with E-state index in [0.717, 1.165) is 41.6 Å². The highest BCUT2D eigenvalue weighted by atomic mass is 35.5. The van der Waals surface area contributed by atoms with Crippen LogP contribution in [-0.4, -0.2) is 39.6 Å². The first-order valence-corrected chi connectivity index (χ1v) is 10.4. The van der Waals surface area contributed by atoms with Crippen molar-refractivity contribution in [3.8, 4) is 0 Å². The first kappa shape index (κ1) is 17.2. The minimum absolute atomic E-state index is 0.0609. The zero-order valence-electron chi connectivity index (χ0n) is 13.8. The second-order valence-electron chi connectivity index (χ2n) is 6.33. The summed E-state index contributed by atoms with van der Waals surface area (Å²) in [5.41, 5.74) is 10.5. The maximum atomic E-state index is 6.61. The topological polar surface area (TPSA) is 32.5 Å². The van der Waals surface area contributed by atoms with Gasteiger partial charge in [-0.05, 0) is 23.3 Å². The molecule has 2 heterocycles. The second kappa shape index (κ2) is 7.16. The molecule has 1 unspecified atom stereocenters. The summed E-state index contributed by atoms with van der Waals surface area (Å²) >= 11 is 14.4. The van der Waals surface area contributed by atoms with E-state index in [9.17, 15) is 0 Å². The van der Waals surface area contributed by atoms with Crippen molar-refractivity contribution in [1.29, 1.82) is 0 Å². The normalized spacial score (nSPS) is 21.2. The summed E-state index contributed by atoms with van der Waals surface area (Å²) in [6, 6.07) is 14.2. The third kappa shape index (κ3) is 3.14. The third-order valence-corrected chi connectivity index (χ3v) is 6.45. The van der Waals surface area contributed by atoms with Gasteiger partial charge >= 0.3 is 0 Å². The quantitative estimate of drug-likeness (QED) is 0.615. The lowest BCUT2D eigenvalue weighted by molar-refractivity contribution is 0.0277. The van der Waals surface area contributed by atoms with Crippen LogP contribution in [0.3, 0.4) is 0 Å². The van der Waals surface area contributed by atoms with Gasteiger partial charge in [-0.2, -0.15) is 11.8 Å². The van der Waals surface area contributed by atoms with Crippen LogP contribution >= 0.6 is 35.6 Å². The number of thiocarbonyl (C=S) groups is 1. The number of nitrogens with two attached hydrogens (primary N) is 1. The van der Waals surface area contributed by atoms with Gasteiger partial charge in [0.25, 0.3) is 0 Å². The Bertz CT molecular complexity index is 785. The van der Waals surface area contributed by atoms with Crippen molar-refractivity contribution in [3.05, 3.63) is 64.2 Å². The summed E-state index contributed by atoms with van der Waals surface area (Å²) in [7, 11) is 0. The van der Waals surface area contributed by atoms with E-state index in [-0.39, 0.29) is 6.04 Å². The zero-order chi connectivity index (χ0) is 17.4. The number of fused-ring (bicyclic) bond motifs is 1. The lowest BCUT2D eigenvalue weighted by Gasteiger charge is -2.47. The predicted octanol–water partition coefficient (Wildman–Crippen LogP) is 4.16. The van der Waals surface area contributed by atoms with E-state index in [2.05, 4.69) is 34.3 Å². The number of rotatable bonds is 2. The Hall–Kier alpha value is -1.27.